The molecule has 13 heteroatoms. The molecule has 0 heterocycles. The molecule has 0 spiro atoms. The van der Waals surface area contributed by atoms with Crippen molar-refractivity contribution in [3.8, 4) is 0 Å². The van der Waals surface area contributed by atoms with Gasteiger partial charge in [-0.15, -0.1) is 0 Å². The zero-order valence-electron chi connectivity index (χ0n) is 20.8. The molecule has 0 bridgehead atoms. The Labute approximate surface area is 241 Å². The fourth-order valence-corrected chi connectivity index (χ4v) is 6.15. The lowest BCUT2D eigenvalue weighted by Gasteiger charge is -2.23. The summed E-state index contributed by atoms with van der Waals surface area (Å²) in [5.74, 6) is -1.04. The molecule has 0 aliphatic carbocycles. The highest BCUT2D eigenvalue weighted by Crippen LogP contribution is 2.26. The Bertz CT molecular complexity index is 1750. The summed E-state index contributed by atoms with van der Waals surface area (Å²) < 4.78 is 67.8. The van der Waals surface area contributed by atoms with Crippen molar-refractivity contribution in [3.63, 3.8) is 0 Å². The molecule has 0 saturated carbocycles. The largest absolute Gasteiger partial charge is 0.322 e. The minimum absolute atomic E-state index is 0.0540. The predicted molar refractivity (Wildman–Crippen MR) is 156 cm³/mol. The topological polar surface area (TPSA) is 113 Å². The molecule has 4 aromatic carbocycles. The Kier molecular flexibility index (Phi) is 8.69. The first-order valence-corrected chi connectivity index (χ1v) is 15.6. The van der Waals surface area contributed by atoms with Crippen molar-refractivity contribution in [2.75, 3.05) is 20.6 Å². The van der Waals surface area contributed by atoms with E-state index in [2.05, 4.69) is 10.0 Å². The van der Waals surface area contributed by atoms with Gasteiger partial charge in [0.15, 0.2) is 0 Å². The average molecular weight is 623 g/mol. The predicted octanol–water partition coefficient (Wildman–Crippen LogP) is 6.15. The number of nitrogens with one attached hydrogen (secondary N) is 2. The highest BCUT2D eigenvalue weighted by Gasteiger charge is 2.20. The number of benzene rings is 4. The number of halogens is 3. The Morgan fingerprint density at radius 3 is 2.00 bits per heavy atom. The lowest BCUT2D eigenvalue weighted by molar-refractivity contribution is 0.102. The zero-order valence-corrected chi connectivity index (χ0v) is 24.0. The molecule has 0 aliphatic rings. The van der Waals surface area contributed by atoms with Crippen LogP contribution < -0.4 is 14.3 Å². The third kappa shape index (κ3) is 7.30. The third-order valence-electron chi connectivity index (χ3n) is 5.63. The van der Waals surface area contributed by atoms with Crippen LogP contribution in [-0.2, 0) is 26.6 Å². The molecule has 0 fully saturated rings. The van der Waals surface area contributed by atoms with Crippen LogP contribution in [0.1, 0.15) is 15.9 Å². The first kappa shape index (κ1) is 29.3. The van der Waals surface area contributed by atoms with Gasteiger partial charge in [-0.2, -0.15) is 0 Å². The molecule has 4 rings (SSSR count). The van der Waals surface area contributed by atoms with E-state index in [0.29, 0.717) is 5.69 Å². The SMILES string of the molecule is CS(=O)(=O)N(Cc1ccccc1F)c1ccc(C(=O)Nc2ccc(S(=O)(=O)Nc3cc(Cl)cc(Cl)c3)cc2)cc1. The lowest BCUT2D eigenvalue weighted by atomic mass is 10.1. The van der Waals surface area contributed by atoms with E-state index in [4.69, 9.17) is 23.2 Å². The Balaban J connectivity index is 1.46. The molecule has 208 valence electrons. The maximum atomic E-state index is 14.1. The number of rotatable bonds is 9. The minimum Gasteiger partial charge on any atom is -0.322 e. The molecule has 0 radical (unpaired) electrons. The van der Waals surface area contributed by atoms with E-state index < -0.39 is 31.8 Å². The summed E-state index contributed by atoms with van der Waals surface area (Å²) in [5.41, 5.74) is 1.20. The molecule has 0 unspecified atom stereocenters. The fraction of sp³-hybridized carbons (Fsp3) is 0.0741. The number of anilines is 3. The van der Waals surface area contributed by atoms with Crippen LogP contribution in [0.25, 0.3) is 0 Å². The van der Waals surface area contributed by atoms with E-state index in [1.54, 1.807) is 6.07 Å². The van der Waals surface area contributed by atoms with Crippen LogP contribution in [-0.4, -0.2) is 29.0 Å². The molecular formula is C27H22Cl2FN3O5S2. The van der Waals surface area contributed by atoms with Crippen LogP contribution in [0, 0.1) is 5.82 Å². The number of nitrogens with zero attached hydrogens (tertiary/aromatic N) is 1. The van der Waals surface area contributed by atoms with Crippen LogP contribution in [0.15, 0.2) is 95.9 Å². The summed E-state index contributed by atoms with van der Waals surface area (Å²) in [6.07, 6.45) is 1.01. The standard InChI is InChI=1S/C27H22Cl2FN3O5S2/c1-39(35,36)33(17-19-4-2-3-5-26(19)30)24-10-6-18(7-11-24)27(34)31-22-8-12-25(13-9-22)40(37,38)32-23-15-20(28)14-21(29)16-23/h2-16,32H,17H2,1H3,(H,31,34). The number of sulfonamides is 2. The van der Waals surface area contributed by atoms with Crippen molar-refractivity contribution in [2.24, 2.45) is 0 Å². The lowest BCUT2D eigenvalue weighted by Crippen LogP contribution is -2.29. The van der Waals surface area contributed by atoms with E-state index >= 15 is 0 Å². The first-order chi connectivity index (χ1) is 18.8. The summed E-state index contributed by atoms with van der Waals surface area (Å²) in [7, 11) is -7.71. The number of carbonyl (C=O) groups excluding carboxylic acids is 1. The van der Waals surface area contributed by atoms with E-state index in [-0.39, 0.29) is 44.0 Å². The maximum absolute atomic E-state index is 14.1. The Morgan fingerprint density at radius 2 is 1.43 bits per heavy atom. The second-order valence-corrected chi connectivity index (χ2v) is 13.1. The maximum Gasteiger partial charge on any atom is 0.261 e. The van der Waals surface area contributed by atoms with Gasteiger partial charge in [0.05, 0.1) is 29.1 Å². The molecular weight excluding hydrogens is 600 g/mol. The van der Waals surface area contributed by atoms with Gasteiger partial charge in [-0.25, -0.2) is 21.2 Å². The molecule has 0 aliphatic heterocycles. The van der Waals surface area contributed by atoms with Crippen molar-refractivity contribution in [2.45, 2.75) is 11.4 Å². The quantitative estimate of drug-likeness (QED) is 0.233. The Hall–Kier alpha value is -3.64. The summed E-state index contributed by atoms with van der Waals surface area (Å²) >= 11 is 11.8. The van der Waals surface area contributed by atoms with Crippen LogP contribution in [0.2, 0.25) is 10.0 Å². The van der Waals surface area contributed by atoms with Gasteiger partial charge >= 0.3 is 0 Å². The van der Waals surface area contributed by atoms with Gasteiger partial charge in [0.1, 0.15) is 5.82 Å². The summed E-state index contributed by atoms with van der Waals surface area (Å²) in [5, 5.41) is 3.20. The van der Waals surface area contributed by atoms with Crippen LogP contribution in [0.5, 0.6) is 0 Å². The molecule has 2 N–H and O–H groups in total. The number of carbonyl (C=O) groups is 1. The zero-order chi connectivity index (χ0) is 29.1. The van der Waals surface area contributed by atoms with Crippen molar-refractivity contribution < 1.29 is 26.0 Å². The molecule has 8 nitrogen and oxygen atoms in total. The highest BCUT2D eigenvalue weighted by molar-refractivity contribution is 7.92. The van der Waals surface area contributed by atoms with Crippen LogP contribution in [0.3, 0.4) is 0 Å². The second-order valence-electron chi connectivity index (χ2n) is 8.65. The molecule has 40 heavy (non-hydrogen) atoms. The molecule has 4 aromatic rings. The third-order valence-corrected chi connectivity index (χ3v) is 8.60. The number of hydrogen-bond donors (Lipinski definition) is 2. The molecule has 1 amide bonds. The van der Waals surface area contributed by atoms with Crippen molar-refractivity contribution in [1.29, 1.82) is 0 Å². The van der Waals surface area contributed by atoms with Crippen LogP contribution in [0.4, 0.5) is 21.5 Å². The van der Waals surface area contributed by atoms with Crippen molar-refractivity contribution >= 4 is 66.2 Å². The van der Waals surface area contributed by atoms with E-state index in [9.17, 15) is 26.0 Å². The van der Waals surface area contributed by atoms with Crippen molar-refractivity contribution in [1.82, 2.24) is 0 Å². The van der Waals surface area contributed by atoms with Gasteiger partial charge in [0.2, 0.25) is 10.0 Å². The fourth-order valence-electron chi connectivity index (χ4n) is 3.71. The van der Waals surface area contributed by atoms with Gasteiger partial charge in [-0.3, -0.25) is 13.8 Å². The van der Waals surface area contributed by atoms with E-state index in [1.165, 1.54) is 84.9 Å². The summed E-state index contributed by atoms with van der Waals surface area (Å²) in [6, 6.07) is 21.4. The monoisotopic (exact) mass is 621 g/mol. The van der Waals surface area contributed by atoms with E-state index in [0.717, 1.165) is 10.6 Å². The average Bonchev–Trinajstić information content (AvgIpc) is 2.87. The first-order valence-electron chi connectivity index (χ1n) is 11.5. The van der Waals surface area contributed by atoms with Gasteiger partial charge in [-0.05, 0) is 72.8 Å². The van der Waals surface area contributed by atoms with Gasteiger partial charge < -0.3 is 5.32 Å². The molecule has 0 aromatic heterocycles. The van der Waals surface area contributed by atoms with Crippen LogP contribution >= 0.6 is 23.2 Å². The van der Waals surface area contributed by atoms with Crippen molar-refractivity contribution in [3.05, 3.63) is 118 Å². The summed E-state index contributed by atoms with van der Waals surface area (Å²) in [6.45, 7) is -0.217. The van der Waals surface area contributed by atoms with Gasteiger partial charge in [0.25, 0.3) is 15.9 Å². The number of amides is 1. The minimum atomic E-state index is -3.95. The van der Waals surface area contributed by atoms with Gasteiger partial charge in [0, 0.05) is 26.9 Å². The summed E-state index contributed by atoms with van der Waals surface area (Å²) in [4.78, 5) is 12.7. The Morgan fingerprint density at radius 1 is 0.825 bits per heavy atom. The smallest absolute Gasteiger partial charge is 0.261 e. The normalized spacial score (nSPS) is 11.6. The second kappa shape index (κ2) is 11.8. The number of hydrogen-bond acceptors (Lipinski definition) is 5. The van der Waals surface area contributed by atoms with Gasteiger partial charge in [-0.1, -0.05) is 41.4 Å². The molecule has 0 atom stereocenters. The molecule has 0 saturated heterocycles. The van der Waals surface area contributed by atoms with E-state index in [1.807, 2.05) is 0 Å². The highest BCUT2D eigenvalue weighted by atomic mass is 35.5.